The number of aliphatic hydroxyl groups excluding tert-OH is 1. The van der Waals surface area contributed by atoms with Gasteiger partial charge in [0.15, 0.2) is 0 Å². The lowest BCUT2D eigenvalue weighted by atomic mass is 9.97. The highest BCUT2D eigenvalue weighted by atomic mass is 79.9. The van der Waals surface area contributed by atoms with Gasteiger partial charge in [0.25, 0.3) is 5.91 Å². The maximum absolute atomic E-state index is 12.7. The smallest absolute Gasteiger partial charge is 0.254 e. The fourth-order valence-electron chi connectivity index (χ4n) is 2.70. The van der Waals surface area contributed by atoms with Crippen LogP contribution in [0.25, 0.3) is 0 Å². The molecule has 4 heteroatoms. The Morgan fingerprint density at radius 1 is 1.47 bits per heavy atom. The summed E-state index contributed by atoms with van der Waals surface area (Å²) in [5, 5.41) is 9.14. The number of amides is 1. The molecule has 1 N–H and O–H groups in total. The van der Waals surface area contributed by atoms with Crippen LogP contribution in [0.15, 0.2) is 22.7 Å². The number of aryl methyl sites for hydroxylation is 1. The molecule has 3 nitrogen and oxygen atoms in total. The Hall–Kier alpha value is -0.870. The van der Waals surface area contributed by atoms with Gasteiger partial charge >= 0.3 is 0 Å². The molecule has 1 fully saturated rings. The zero-order chi connectivity index (χ0) is 13.8. The molecular weight excluding hydrogens is 306 g/mol. The molecule has 2 rings (SSSR count). The molecule has 0 bridgehead atoms. The van der Waals surface area contributed by atoms with Crippen molar-refractivity contribution in [3.05, 3.63) is 33.8 Å². The molecule has 0 saturated carbocycles. The third-order valence-electron chi connectivity index (χ3n) is 3.78. The molecule has 1 heterocycles. The summed E-state index contributed by atoms with van der Waals surface area (Å²) >= 11 is 3.42. The molecular formula is C15H20BrNO2. The van der Waals surface area contributed by atoms with E-state index in [9.17, 15) is 4.79 Å². The molecule has 19 heavy (non-hydrogen) atoms. The van der Waals surface area contributed by atoms with Gasteiger partial charge in [-0.25, -0.2) is 0 Å². The first kappa shape index (κ1) is 14.5. The number of likely N-dealkylation sites (tertiary alicyclic amines) is 1. The maximum atomic E-state index is 12.7. The van der Waals surface area contributed by atoms with Gasteiger partial charge in [-0.3, -0.25) is 4.79 Å². The van der Waals surface area contributed by atoms with Gasteiger partial charge in [0.05, 0.1) is 0 Å². The lowest BCUT2D eigenvalue weighted by Crippen LogP contribution is -2.44. The number of aliphatic hydroxyl groups is 1. The molecule has 1 unspecified atom stereocenters. The van der Waals surface area contributed by atoms with E-state index in [1.165, 1.54) is 0 Å². The van der Waals surface area contributed by atoms with Crippen LogP contribution in [0, 0.1) is 6.92 Å². The van der Waals surface area contributed by atoms with Gasteiger partial charge in [-0.2, -0.15) is 0 Å². The van der Waals surface area contributed by atoms with Crippen LogP contribution in [0.4, 0.5) is 0 Å². The van der Waals surface area contributed by atoms with E-state index in [4.69, 9.17) is 5.11 Å². The van der Waals surface area contributed by atoms with Crippen molar-refractivity contribution in [3.8, 4) is 0 Å². The summed E-state index contributed by atoms with van der Waals surface area (Å²) < 4.78 is 0.928. The predicted molar refractivity (Wildman–Crippen MR) is 79.3 cm³/mol. The van der Waals surface area contributed by atoms with Gasteiger partial charge < -0.3 is 10.0 Å². The van der Waals surface area contributed by atoms with E-state index >= 15 is 0 Å². The van der Waals surface area contributed by atoms with Crippen molar-refractivity contribution < 1.29 is 9.90 Å². The molecule has 0 aliphatic carbocycles. The fourth-order valence-corrected chi connectivity index (χ4v) is 3.06. The summed E-state index contributed by atoms with van der Waals surface area (Å²) in [4.78, 5) is 14.6. The first-order chi connectivity index (χ1) is 9.13. The highest BCUT2D eigenvalue weighted by Gasteiger charge is 2.27. The second-order valence-corrected chi connectivity index (χ2v) is 6.04. The number of carbonyl (C=O) groups is 1. The van der Waals surface area contributed by atoms with Crippen molar-refractivity contribution >= 4 is 21.8 Å². The van der Waals surface area contributed by atoms with Crippen LogP contribution in [0.1, 0.15) is 41.6 Å². The SMILES string of the molecule is Cc1ccc(Br)cc1C(=O)N1CCCCC1CCO. The summed E-state index contributed by atoms with van der Waals surface area (Å²) in [6.07, 6.45) is 3.88. The van der Waals surface area contributed by atoms with Crippen LogP contribution in [0.3, 0.4) is 0 Å². The average molecular weight is 326 g/mol. The molecule has 1 aromatic carbocycles. The Kier molecular flexibility index (Phi) is 4.99. The fraction of sp³-hybridized carbons (Fsp3) is 0.533. The Balaban J connectivity index is 2.23. The minimum Gasteiger partial charge on any atom is -0.396 e. The number of halogens is 1. The molecule has 1 amide bonds. The Morgan fingerprint density at radius 3 is 3.00 bits per heavy atom. The Labute approximate surface area is 122 Å². The van der Waals surface area contributed by atoms with Crippen LogP contribution in [-0.4, -0.2) is 35.1 Å². The van der Waals surface area contributed by atoms with Crippen LogP contribution in [0.2, 0.25) is 0 Å². The largest absolute Gasteiger partial charge is 0.396 e. The second kappa shape index (κ2) is 6.53. The van der Waals surface area contributed by atoms with E-state index in [1.54, 1.807) is 0 Å². The lowest BCUT2D eigenvalue weighted by Gasteiger charge is -2.36. The quantitative estimate of drug-likeness (QED) is 0.927. The average Bonchev–Trinajstić information content (AvgIpc) is 2.42. The van der Waals surface area contributed by atoms with E-state index in [0.29, 0.717) is 6.42 Å². The van der Waals surface area contributed by atoms with Crippen LogP contribution in [-0.2, 0) is 0 Å². The minimum absolute atomic E-state index is 0.0944. The van der Waals surface area contributed by atoms with Gasteiger partial charge in [-0.1, -0.05) is 22.0 Å². The predicted octanol–water partition coefficient (Wildman–Crippen LogP) is 3.13. The number of benzene rings is 1. The van der Waals surface area contributed by atoms with E-state index in [-0.39, 0.29) is 18.6 Å². The highest BCUT2D eigenvalue weighted by Crippen LogP contribution is 2.24. The first-order valence-corrected chi connectivity index (χ1v) is 7.60. The van der Waals surface area contributed by atoms with Crippen molar-refractivity contribution in [2.45, 2.75) is 38.6 Å². The zero-order valence-corrected chi connectivity index (χ0v) is 12.8. The van der Waals surface area contributed by atoms with Crippen molar-refractivity contribution in [1.29, 1.82) is 0 Å². The molecule has 1 atom stereocenters. The molecule has 104 valence electrons. The highest BCUT2D eigenvalue weighted by molar-refractivity contribution is 9.10. The number of rotatable bonds is 3. The number of nitrogens with zero attached hydrogens (tertiary/aromatic N) is 1. The van der Waals surface area contributed by atoms with E-state index < -0.39 is 0 Å². The molecule has 1 aliphatic heterocycles. The molecule has 1 saturated heterocycles. The number of hydrogen-bond acceptors (Lipinski definition) is 2. The van der Waals surface area contributed by atoms with Crippen molar-refractivity contribution in [3.63, 3.8) is 0 Å². The van der Waals surface area contributed by atoms with Crippen LogP contribution >= 0.6 is 15.9 Å². The summed E-state index contributed by atoms with van der Waals surface area (Å²) in [6, 6.07) is 5.99. The zero-order valence-electron chi connectivity index (χ0n) is 11.2. The number of hydrogen-bond donors (Lipinski definition) is 1. The summed E-state index contributed by atoms with van der Waals surface area (Å²) in [6.45, 7) is 2.91. The van der Waals surface area contributed by atoms with Gasteiger partial charge in [0.1, 0.15) is 0 Å². The molecule has 0 aromatic heterocycles. The van der Waals surface area contributed by atoms with Crippen molar-refractivity contribution in [2.75, 3.05) is 13.2 Å². The summed E-state index contributed by atoms with van der Waals surface area (Å²) in [7, 11) is 0. The van der Waals surface area contributed by atoms with Gasteiger partial charge in [0, 0.05) is 29.2 Å². The maximum Gasteiger partial charge on any atom is 0.254 e. The Bertz CT molecular complexity index is 459. The van der Waals surface area contributed by atoms with Crippen molar-refractivity contribution in [2.24, 2.45) is 0 Å². The lowest BCUT2D eigenvalue weighted by molar-refractivity contribution is 0.0574. The monoisotopic (exact) mass is 325 g/mol. The normalized spacial score (nSPS) is 19.5. The van der Waals surface area contributed by atoms with E-state index in [0.717, 1.165) is 41.4 Å². The Morgan fingerprint density at radius 2 is 2.26 bits per heavy atom. The van der Waals surface area contributed by atoms with Crippen LogP contribution < -0.4 is 0 Å². The number of piperidine rings is 1. The third-order valence-corrected chi connectivity index (χ3v) is 4.27. The van der Waals surface area contributed by atoms with Crippen LogP contribution in [0.5, 0.6) is 0 Å². The number of carbonyl (C=O) groups excluding carboxylic acids is 1. The van der Waals surface area contributed by atoms with Gasteiger partial charge in [-0.05, 0) is 50.3 Å². The molecule has 0 spiro atoms. The van der Waals surface area contributed by atoms with Gasteiger partial charge in [0.2, 0.25) is 0 Å². The summed E-state index contributed by atoms with van der Waals surface area (Å²) in [5.74, 6) is 0.0944. The summed E-state index contributed by atoms with van der Waals surface area (Å²) in [5.41, 5.74) is 1.76. The first-order valence-electron chi connectivity index (χ1n) is 6.81. The van der Waals surface area contributed by atoms with Crippen molar-refractivity contribution in [1.82, 2.24) is 4.90 Å². The second-order valence-electron chi connectivity index (χ2n) is 5.12. The molecule has 1 aromatic rings. The van der Waals surface area contributed by atoms with E-state index in [2.05, 4.69) is 15.9 Å². The standard InChI is InChI=1S/C15H20BrNO2/c1-11-5-6-12(16)10-14(11)15(19)17-8-3-2-4-13(17)7-9-18/h5-6,10,13,18H,2-4,7-9H2,1H3. The van der Waals surface area contributed by atoms with Gasteiger partial charge in [-0.15, -0.1) is 0 Å². The minimum atomic E-state index is 0.0944. The molecule has 0 radical (unpaired) electrons. The van der Waals surface area contributed by atoms with E-state index in [1.807, 2.05) is 30.0 Å². The topological polar surface area (TPSA) is 40.5 Å². The molecule has 1 aliphatic rings. The third kappa shape index (κ3) is 3.37.